The van der Waals surface area contributed by atoms with Crippen LogP contribution in [0.25, 0.3) is 0 Å². The average molecular weight is 212 g/mol. The summed E-state index contributed by atoms with van der Waals surface area (Å²) >= 11 is 0. The molecule has 1 aliphatic rings. The molecule has 1 rings (SSSR count). The van der Waals surface area contributed by atoms with E-state index in [0.717, 1.165) is 25.8 Å². The van der Waals surface area contributed by atoms with Crippen LogP contribution < -0.4 is 5.73 Å². The van der Waals surface area contributed by atoms with Crippen LogP contribution in [0.2, 0.25) is 0 Å². The van der Waals surface area contributed by atoms with Crippen LogP contribution in [0.3, 0.4) is 0 Å². The van der Waals surface area contributed by atoms with Crippen LogP contribution in [-0.2, 0) is 4.79 Å². The van der Waals surface area contributed by atoms with Gasteiger partial charge in [0.2, 0.25) is 5.91 Å². The molecule has 0 aliphatic heterocycles. The summed E-state index contributed by atoms with van der Waals surface area (Å²) in [6, 6.07) is 0.532. The van der Waals surface area contributed by atoms with Crippen molar-refractivity contribution in [2.45, 2.75) is 52.0 Å². The lowest BCUT2D eigenvalue weighted by atomic mass is 10.0. The van der Waals surface area contributed by atoms with Crippen molar-refractivity contribution in [3.63, 3.8) is 0 Å². The Morgan fingerprint density at radius 2 is 2.00 bits per heavy atom. The third-order valence-electron chi connectivity index (χ3n) is 3.21. The zero-order valence-electron chi connectivity index (χ0n) is 10.0. The molecule has 2 N–H and O–H groups in total. The van der Waals surface area contributed by atoms with Crippen LogP contribution in [0.15, 0.2) is 0 Å². The fourth-order valence-corrected chi connectivity index (χ4v) is 1.99. The Balaban J connectivity index is 2.49. The number of hydrogen-bond donors (Lipinski definition) is 1. The molecule has 1 amide bonds. The molecule has 0 saturated heterocycles. The maximum atomic E-state index is 12.2. The van der Waals surface area contributed by atoms with Crippen molar-refractivity contribution in [3.05, 3.63) is 0 Å². The van der Waals surface area contributed by atoms with E-state index in [1.165, 1.54) is 12.8 Å². The molecule has 0 aromatic rings. The SMILES string of the molecule is CCC(CC)C(=O)N(CCCN)C1CC1. The van der Waals surface area contributed by atoms with Crippen LogP contribution in [0.1, 0.15) is 46.0 Å². The van der Waals surface area contributed by atoms with E-state index in [1.54, 1.807) is 0 Å². The molecule has 0 heterocycles. The Morgan fingerprint density at radius 1 is 1.40 bits per heavy atom. The number of amides is 1. The lowest BCUT2D eigenvalue weighted by Crippen LogP contribution is -2.38. The van der Waals surface area contributed by atoms with Crippen LogP contribution in [-0.4, -0.2) is 29.9 Å². The molecular formula is C12H24N2O. The summed E-state index contributed by atoms with van der Waals surface area (Å²) in [5, 5.41) is 0. The highest BCUT2D eigenvalue weighted by Gasteiger charge is 2.34. The number of rotatable bonds is 7. The van der Waals surface area contributed by atoms with Crippen LogP contribution in [0.5, 0.6) is 0 Å². The van der Waals surface area contributed by atoms with Gasteiger partial charge in [0.1, 0.15) is 0 Å². The molecule has 0 aromatic carbocycles. The second kappa shape index (κ2) is 6.11. The predicted molar refractivity (Wildman–Crippen MR) is 62.5 cm³/mol. The van der Waals surface area contributed by atoms with Gasteiger partial charge in [-0.05, 0) is 38.6 Å². The van der Waals surface area contributed by atoms with E-state index in [-0.39, 0.29) is 5.92 Å². The van der Waals surface area contributed by atoms with Gasteiger partial charge >= 0.3 is 0 Å². The molecule has 88 valence electrons. The summed E-state index contributed by atoms with van der Waals surface area (Å²) in [6.45, 7) is 5.73. The standard InChI is InChI=1S/C12H24N2O/c1-3-10(4-2)12(15)14(9-5-8-13)11-6-7-11/h10-11H,3-9,13H2,1-2H3. The van der Waals surface area contributed by atoms with E-state index in [1.807, 2.05) is 0 Å². The molecule has 0 spiro atoms. The zero-order chi connectivity index (χ0) is 11.3. The Hall–Kier alpha value is -0.570. The van der Waals surface area contributed by atoms with Gasteiger partial charge in [-0.15, -0.1) is 0 Å². The minimum atomic E-state index is 0.225. The average Bonchev–Trinajstić information content (AvgIpc) is 3.04. The minimum Gasteiger partial charge on any atom is -0.339 e. The summed E-state index contributed by atoms with van der Waals surface area (Å²) in [5.41, 5.74) is 5.50. The molecule has 0 unspecified atom stereocenters. The maximum absolute atomic E-state index is 12.2. The smallest absolute Gasteiger partial charge is 0.225 e. The van der Waals surface area contributed by atoms with E-state index in [0.29, 0.717) is 18.5 Å². The first-order valence-corrected chi connectivity index (χ1v) is 6.25. The van der Waals surface area contributed by atoms with E-state index < -0.39 is 0 Å². The molecule has 0 atom stereocenters. The third kappa shape index (κ3) is 3.49. The largest absolute Gasteiger partial charge is 0.339 e. The first kappa shape index (κ1) is 12.5. The number of nitrogens with two attached hydrogens (primary N) is 1. The van der Waals surface area contributed by atoms with Crippen molar-refractivity contribution >= 4 is 5.91 Å². The van der Waals surface area contributed by atoms with Gasteiger partial charge in [-0.25, -0.2) is 0 Å². The summed E-state index contributed by atoms with van der Waals surface area (Å²) in [6.07, 6.45) is 5.23. The Labute approximate surface area is 93.0 Å². The van der Waals surface area contributed by atoms with Crippen molar-refractivity contribution in [1.82, 2.24) is 4.90 Å². The molecule has 1 saturated carbocycles. The summed E-state index contributed by atoms with van der Waals surface area (Å²) < 4.78 is 0. The van der Waals surface area contributed by atoms with Crippen LogP contribution in [0.4, 0.5) is 0 Å². The van der Waals surface area contributed by atoms with Gasteiger partial charge in [0.15, 0.2) is 0 Å². The monoisotopic (exact) mass is 212 g/mol. The van der Waals surface area contributed by atoms with Crippen molar-refractivity contribution < 1.29 is 4.79 Å². The van der Waals surface area contributed by atoms with E-state index >= 15 is 0 Å². The van der Waals surface area contributed by atoms with E-state index in [9.17, 15) is 4.79 Å². The maximum Gasteiger partial charge on any atom is 0.225 e. The fourth-order valence-electron chi connectivity index (χ4n) is 1.99. The Kier molecular flexibility index (Phi) is 5.09. The lowest BCUT2D eigenvalue weighted by molar-refractivity contribution is -0.136. The van der Waals surface area contributed by atoms with Crippen LogP contribution in [0, 0.1) is 5.92 Å². The zero-order valence-corrected chi connectivity index (χ0v) is 10.0. The normalized spacial score (nSPS) is 15.7. The lowest BCUT2D eigenvalue weighted by Gasteiger charge is -2.26. The topological polar surface area (TPSA) is 46.3 Å². The van der Waals surface area contributed by atoms with Crippen molar-refractivity contribution in [2.75, 3.05) is 13.1 Å². The summed E-state index contributed by atoms with van der Waals surface area (Å²) in [4.78, 5) is 14.3. The first-order chi connectivity index (χ1) is 7.24. The van der Waals surface area contributed by atoms with Crippen LogP contribution >= 0.6 is 0 Å². The first-order valence-electron chi connectivity index (χ1n) is 6.25. The van der Waals surface area contributed by atoms with Gasteiger partial charge in [0.05, 0.1) is 0 Å². The summed E-state index contributed by atoms with van der Waals surface area (Å²) in [7, 11) is 0. The third-order valence-corrected chi connectivity index (χ3v) is 3.21. The van der Waals surface area contributed by atoms with Gasteiger partial charge in [0.25, 0.3) is 0 Å². The predicted octanol–water partition coefficient (Wildman–Crippen LogP) is 1.76. The molecule has 1 fully saturated rings. The molecule has 0 radical (unpaired) electrons. The molecule has 3 heteroatoms. The summed E-state index contributed by atoms with van der Waals surface area (Å²) in [5.74, 6) is 0.583. The fraction of sp³-hybridized carbons (Fsp3) is 0.917. The second-order valence-corrected chi connectivity index (χ2v) is 4.42. The van der Waals surface area contributed by atoms with Gasteiger partial charge < -0.3 is 10.6 Å². The van der Waals surface area contributed by atoms with Gasteiger partial charge in [-0.1, -0.05) is 13.8 Å². The molecular weight excluding hydrogens is 188 g/mol. The van der Waals surface area contributed by atoms with E-state index in [2.05, 4.69) is 18.7 Å². The highest BCUT2D eigenvalue weighted by molar-refractivity contribution is 5.79. The number of hydrogen-bond acceptors (Lipinski definition) is 2. The number of nitrogens with zero attached hydrogens (tertiary/aromatic N) is 1. The number of carbonyl (C=O) groups is 1. The van der Waals surface area contributed by atoms with Crippen molar-refractivity contribution in [3.8, 4) is 0 Å². The minimum absolute atomic E-state index is 0.225. The molecule has 3 nitrogen and oxygen atoms in total. The van der Waals surface area contributed by atoms with Crippen molar-refractivity contribution in [2.24, 2.45) is 11.7 Å². The Morgan fingerprint density at radius 3 is 2.40 bits per heavy atom. The van der Waals surface area contributed by atoms with Gasteiger partial charge in [0, 0.05) is 18.5 Å². The second-order valence-electron chi connectivity index (χ2n) is 4.42. The highest BCUT2D eigenvalue weighted by atomic mass is 16.2. The van der Waals surface area contributed by atoms with Gasteiger partial charge in [-0.3, -0.25) is 4.79 Å². The van der Waals surface area contributed by atoms with Crippen molar-refractivity contribution in [1.29, 1.82) is 0 Å². The van der Waals surface area contributed by atoms with E-state index in [4.69, 9.17) is 5.73 Å². The molecule has 1 aliphatic carbocycles. The van der Waals surface area contributed by atoms with Gasteiger partial charge in [-0.2, -0.15) is 0 Å². The highest BCUT2D eigenvalue weighted by Crippen LogP contribution is 2.29. The quantitative estimate of drug-likeness (QED) is 0.699. The molecule has 0 bridgehead atoms. The number of carbonyl (C=O) groups excluding carboxylic acids is 1. The molecule has 0 aromatic heterocycles. The Bertz CT molecular complexity index is 198. The molecule has 15 heavy (non-hydrogen) atoms.